The van der Waals surface area contributed by atoms with Crippen molar-refractivity contribution in [2.75, 3.05) is 25.0 Å². The van der Waals surface area contributed by atoms with Gasteiger partial charge in [0.2, 0.25) is 0 Å². The van der Waals surface area contributed by atoms with Gasteiger partial charge < -0.3 is 4.90 Å². The zero-order valence-electron chi connectivity index (χ0n) is 14.5. The summed E-state index contributed by atoms with van der Waals surface area (Å²) >= 11 is 0. The van der Waals surface area contributed by atoms with E-state index in [0.29, 0.717) is 11.6 Å². The topological polar surface area (TPSA) is 43.2 Å². The first-order valence-corrected chi connectivity index (χ1v) is 8.13. The fraction of sp³-hybridized carbons (Fsp3) is 0.300. The summed E-state index contributed by atoms with van der Waals surface area (Å²) in [6, 6.07) is 10.5. The van der Waals surface area contributed by atoms with Crippen molar-refractivity contribution in [1.82, 2.24) is 9.88 Å². The Labute approximate surface area is 143 Å². The normalized spacial score (nSPS) is 21.8. The highest BCUT2D eigenvalue weighted by molar-refractivity contribution is 5.95. The molecule has 0 saturated carbocycles. The van der Waals surface area contributed by atoms with Crippen LogP contribution in [0.3, 0.4) is 0 Å². The van der Waals surface area contributed by atoms with Gasteiger partial charge in [0, 0.05) is 36.4 Å². The summed E-state index contributed by atoms with van der Waals surface area (Å²) in [4.78, 5) is 9.04. The molecule has 4 nitrogen and oxygen atoms in total. The van der Waals surface area contributed by atoms with E-state index in [2.05, 4.69) is 54.4 Å². The minimum absolute atomic E-state index is 0.382. The lowest BCUT2D eigenvalue weighted by Crippen LogP contribution is -2.42. The Kier molecular flexibility index (Phi) is 4.37. The Morgan fingerprint density at radius 2 is 2.12 bits per heavy atom. The summed E-state index contributed by atoms with van der Waals surface area (Å²) < 4.78 is 0. The molecule has 0 spiro atoms. The minimum atomic E-state index is 0.382. The van der Waals surface area contributed by atoms with E-state index in [9.17, 15) is 5.26 Å². The highest BCUT2D eigenvalue weighted by Gasteiger charge is 2.21. The van der Waals surface area contributed by atoms with Gasteiger partial charge in [-0.3, -0.25) is 9.88 Å². The van der Waals surface area contributed by atoms with Crippen LogP contribution in [0.2, 0.25) is 0 Å². The van der Waals surface area contributed by atoms with Crippen LogP contribution in [0.25, 0.3) is 10.9 Å². The number of likely N-dealkylation sites (N-methyl/N-ethyl adjacent to an activating group) is 1. The number of fused-ring (bicyclic) bond motifs is 1. The second kappa shape index (κ2) is 6.46. The molecule has 0 N–H and O–H groups in total. The molecule has 0 aliphatic carbocycles. The molecule has 1 aromatic carbocycles. The maximum Gasteiger partial charge on any atom is 0.101 e. The van der Waals surface area contributed by atoms with Crippen molar-refractivity contribution in [2.24, 2.45) is 0 Å². The molecule has 0 saturated heterocycles. The molecular weight excluding hydrogens is 296 g/mol. The second-order valence-electron chi connectivity index (χ2n) is 6.46. The fourth-order valence-electron chi connectivity index (χ4n) is 3.21. The van der Waals surface area contributed by atoms with E-state index < -0.39 is 0 Å². The number of benzene rings is 1. The largest absolute Gasteiger partial charge is 0.343 e. The second-order valence-corrected chi connectivity index (χ2v) is 6.46. The lowest BCUT2D eigenvalue weighted by atomic mass is 10.0. The first kappa shape index (κ1) is 16.2. The van der Waals surface area contributed by atoms with Crippen LogP contribution < -0.4 is 4.90 Å². The van der Waals surface area contributed by atoms with Crippen molar-refractivity contribution in [3.63, 3.8) is 0 Å². The molecule has 24 heavy (non-hydrogen) atoms. The van der Waals surface area contributed by atoms with Gasteiger partial charge in [-0.05, 0) is 56.8 Å². The van der Waals surface area contributed by atoms with Crippen molar-refractivity contribution < 1.29 is 0 Å². The maximum absolute atomic E-state index is 9.35. The first-order chi connectivity index (χ1) is 11.5. The summed E-state index contributed by atoms with van der Waals surface area (Å²) in [5, 5.41) is 10.4. The predicted octanol–water partition coefficient (Wildman–Crippen LogP) is 3.71. The molecule has 2 heterocycles. The molecule has 0 fully saturated rings. The summed E-state index contributed by atoms with van der Waals surface area (Å²) in [7, 11) is 2.13. The third kappa shape index (κ3) is 2.91. The van der Waals surface area contributed by atoms with E-state index >= 15 is 0 Å². The fourth-order valence-corrected chi connectivity index (χ4v) is 3.21. The van der Waals surface area contributed by atoms with E-state index in [0.717, 1.165) is 40.9 Å². The van der Waals surface area contributed by atoms with Crippen LogP contribution in [0.1, 0.15) is 19.4 Å². The van der Waals surface area contributed by atoms with Crippen LogP contribution in [-0.4, -0.2) is 36.1 Å². The molecule has 122 valence electrons. The number of aromatic nitrogens is 1. The van der Waals surface area contributed by atoms with Gasteiger partial charge in [-0.15, -0.1) is 0 Å². The lowest BCUT2D eigenvalue weighted by molar-refractivity contribution is 0.282. The molecule has 4 heteroatoms. The number of hydrogen-bond acceptors (Lipinski definition) is 4. The van der Waals surface area contributed by atoms with Crippen LogP contribution in [0, 0.1) is 11.3 Å². The molecule has 1 atom stereocenters. The van der Waals surface area contributed by atoms with Crippen molar-refractivity contribution in [3.05, 3.63) is 60.0 Å². The van der Waals surface area contributed by atoms with E-state index in [4.69, 9.17) is 0 Å². The standard InChI is InChI=1S/C20H22N4/c1-14-10-15(2)24(13-16(3)23(4)12-14)19-8-7-17(11-21)20-18(19)6-5-9-22-20/h5-10,16H,1,12-13H2,2-4H3/b15-10-/t16-/m1/s1. The van der Waals surface area contributed by atoms with Gasteiger partial charge in [-0.1, -0.05) is 6.58 Å². The number of hydrogen-bond donors (Lipinski definition) is 0. The predicted molar refractivity (Wildman–Crippen MR) is 98.8 cm³/mol. The quantitative estimate of drug-likeness (QED) is 0.804. The molecule has 1 aromatic heterocycles. The summed E-state index contributed by atoms with van der Waals surface area (Å²) in [6.45, 7) is 10.3. The molecule has 0 amide bonds. The SMILES string of the molecule is C=C1/C=C(/C)N(c2ccc(C#N)c3ncccc23)C[C@@H](C)N(C)C1. The van der Waals surface area contributed by atoms with Crippen LogP contribution >= 0.6 is 0 Å². The highest BCUT2D eigenvalue weighted by atomic mass is 15.2. The molecule has 0 bridgehead atoms. The summed E-state index contributed by atoms with van der Waals surface area (Å²) in [5.74, 6) is 0. The van der Waals surface area contributed by atoms with Crippen LogP contribution in [-0.2, 0) is 0 Å². The molecule has 1 aliphatic rings. The minimum Gasteiger partial charge on any atom is -0.343 e. The molecular formula is C20H22N4. The number of anilines is 1. The third-order valence-electron chi connectivity index (χ3n) is 4.65. The summed E-state index contributed by atoms with van der Waals surface area (Å²) in [6.07, 6.45) is 3.88. The smallest absolute Gasteiger partial charge is 0.101 e. The van der Waals surface area contributed by atoms with E-state index in [1.807, 2.05) is 24.3 Å². The number of nitriles is 1. The van der Waals surface area contributed by atoms with Gasteiger partial charge >= 0.3 is 0 Å². The van der Waals surface area contributed by atoms with E-state index in [-0.39, 0.29) is 0 Å². The number of nitrogens with zero attached hydrogens (tertiary/aromatic N) is 4. The Hall–Kier alpha value is -2.64. The zero-order chi connectivity index (χ0) is 17.3. The molecule has 2 aromatic rings. The van der Waals surface area contributed by atoms with Crippen molar-refractivity contribution >= 4 is 16.6 Å². The average Bonchev–Trinajstić information content (AvgIpc) is 2.57. The number of rotatable bonds is 1. The number of allylic oxidation sites excluding steroid dienone is 1. The zero-order valence-corrected chi connectivity index (χ0v) is 14.5. The Morgan fingerprint density at radius 1 is 1.33 bits per heavy atom. The highest BCUT2D eigenvalue weighted by Crippen LogP contribution is 2.31. The average molecular weight is 318 g/mol. The van der Waals surface area contributed by atoms with Gasteiger partial charge in [0.25, 0.3) is 0 Å². The monoisotopic (exact) mass is 318 g/mol. The van der Waals surface area contributed by atoms with Crippen LogP contribution in [0.4, 0.5) is 5.69 Å². The van der Waals surface area contributed by atoms with Gasteiger partial charge in [0.1, 0.15) is 6.07 Å². The molecule has 0 unspecified atom stereocenters. The van der Waals surface area contributed by atoms with Crippen molar-refractivity contribution in [1.29, 1.82) is 5.26 Å². The number of pyridine rings is 1. The van der Waals surface area contributed by atoms with Gasteiger partial charge in [-0.25, -0.2) is 0 Å². The van der Waals surface area contributed by atoms with Gasteiger partial charge in [0.15, 0.2) is 0 Å². The van der Waals surface area contributed by atoms with Crippen LogP contribution in [0.5, 0.6) is 0 Å². The van der Waals surface area contributed by atoms with Crippen molar-refractivity contribution in [2.45, 2.75) is 19.9 Å². The molecule has 1 aliphatic heterocycles. The first-order valence-electron chi connectivity index (χ1n) is 8.13. The third-order valence-corrected chi connectivity index (χ3v) is 4.65. The van der Waals surface area contributed by atoms with Gasteiger partial charge in [0.05, 0.1) is 16.8 Å². The van der Waals surface area contributed by atoms with E-state index in [1.165, 1.54) is 0 Å². The lowest BCUT2D eigenvalue weighted by Gasteiger charge is -2.36. The molecule has 3 rings (SSSR count). The Bertz CT molecular complexity index is 860. The Balaban J connectivity index is 2.18. The van der Waals surface area contributed by atoms with Crippen molar-refractivity contribution in [3.8, 4) is 6.07 Å². The maximum atomic E-state index is 9.35. The van der Waals surface area contributed by atoms with Gasteiger partial charge in [-0.2, -0.15) is 5.26 Å². The van der Waals surface area contributed by atoms with Crippen LogP contribution in [0.15, 0.2) is 54.4 Å². The molecule has 0 radical (unpaired) electrons. The van der Waals surface area contributed by atoms with E-state index in [1.54, 1.807) is 6.20 Å². The summed E-state index contributed by atoms with van der Waals surface area (Å²) in [5.41, 5.74) is 4.71. The Morgan fingerprint density at radius 3 is 2.88 bits per heavy atom.